The quantitative estimate of drug-likeness (QED) is 0.630. The van der Waals surface area contributed by atoms with Crippen LogP contribution in [0.2, 0.25) is 0 Å². The number of thioether (sulfide) groups is 1. The van der Waals surface area contributed by atoms with E-state index in [-0.39, 0.29) is 5.95 Å². The number of benzene rings is 1. The van der Waals surface area contributed by atoms with Crippen molar-refractivity contribution in [3.8, 4) is 0 Å². The Hall–Kier alpha value is -2.46. The summed E-state index contributed by atoms with van der Waals surface area (Å²) in [5.74, 6) is 1.92. The zero-order valence-electron chi connectivity index (χ0n) is 14.1. The summed E-state index contributed by atoms with van der Waals surface area (Å²) in [6.45, 7) is 2.05. The molecule has 3 N–H and O–H groups in total. The summed E-state index contributed by atoms with van der Waals surface area (Å²) in [5, 5.41) is 12.4. The first-order chi connectivity index (χ1) is 12.0. The molecule has 0 aliphatic carbocycles. The van der Waals surface area contributed by atoms with Gasteiger partial charge in [0.15, 0.2) is 4.34 Å². The molecule has 0 fully saturated rings. The van der Waals surface area contributed by atoms with Gasteiger partial charge in [-0.15, -0.1) is 10.2 Å². The van der Waals surface area contributed by atoms with Gasteiger partial charge in [0.05, 0.1) is 5.75 Å². The topological polar surface area (TPSA) is 106 Å². The molecule has 0 amide bonds. The monoisotopic (exact) mass is 374 g/mol. The first-order valence-electron chi connectivity index (χ1n) is 7.47. The first-order valence-corrected chi connectivity index (χ1v) is 9.27. The molecule has 2 aromatic heterocycles. The van der Waals surface area contributed by atoms with Crippen molar-refractivity contribution in [1.82, 2.24) is 25.1 Å². The first kappa shape index (κ1) is 17.4. The summed E-state index contributed by atoms with van der Waals surface area (Å²) in [6.07, 6.45) is 0. The second kappa shape index (κ2) is 7.62. The van der Waals surface area contributed by atoms with Crippen LogP contribution in [0.25, 0.3) is 0 Å². The van der Waals surface area contributed by atoms with Crippen LogP contribution in [0.5, 0.6) is 0 Å². The fourth-order valence-corrected chi connectivity index (χ4v) is 3.61. The third-order valence-electron chi connectivity index (χ3n) is 3.09. The van der Waals surface area contributed by atoms with E-state index in [9.17, 15) is 0 Å². The number of rotatable bonds is 6. The summed E-state index contributed by atoms with van der Waals surface area (Å²) in [5.41, 5.74) is 7.92. The Bertz CT molecular complexity index is 864. The van der Waals surface area contributed by atoms with E-state index < -0.39 is 0 Å². The minimum atomic E-state index is 0.216. The van der Waals surface area contributed by atoms with Gasteiger partial charge in [-0.05, 0) is 24.6 Å². The number of hydrogen-bond donors (Lipinski definition) is 2. The molecule has 8 nitrogen and oxygen atoms in total. The summed E-state index contributed by atoms with van der Waals surface area (Å²) in [4.78, 5) is 14.4. The SMILES string of the molecule is Cc1cccc(Nc2nnc(SCc3nc(N)nc(N(C)C)n3)s2)c1. The predicted octanol–water partition coefficient (Wildman–Crippen LogP) is 2.72. The van der Waals surface area contributed by atoms with Crippen molar-refractivity contribution in [3.05, 3.63) is 35.7 Å². The lowest BCUT2D eigenvalue weighted by Crippen LogP contribution is -2.15. The molecule has 3 rings (SSSR count). The second-order valence-corrected chi connectivity index (χ2v) is 7.66. The van der Waals surface area contributed by atoms with E-state index >= 15 is 0 Å². The maximum absolute atomic E-state index is 5.73. The van der Waals surface area contributed by atoms with Crippen LogP contribution in [-0.4, -0.2) is 39.2 Å². The highest BCUT2D eigenvalue weighted by Gasteiger charge is 2.10. The summed E-state index contributed by atoms with van der Waals surface area (Å²) in [7, 11) is 3.72. The third kappa shape index (κ3) is 4.77. The van der Waals surface area contributed by atoms with Crippen LogP contribution in [-0.2, 0) is 5.75 Å². The van der Waals surface area contributed by atoms with Gasteiger partial charge in [0, 0.05) is 19.8 Å². The average Bonchev–Trinajstić information content (AvgIpc) is 3.00. The number of hydrogen-bond acceptors (Lipinski definition) is 10. The molecule has 0 radical (unpaired) electrons. The van der Waals surface area contributed by atoms with Gasteiger partial charge in [0.2, 0.25) is 17.0 Å². The van der Waals surface area contributed by atoms with Crippen LogP contribution in [0.4, 0.5) is 22.7 Å². The number of anilines is 4. The number of nitrogens with one attached hydrogen (secondary N) is 1. The molecule has 130 valence electrons. The number of aromatic nitrogens is 5. The molecule has 0 spiro atoms. The van der Waals surface area contributed by atoms with Gasteiger partial charge >= 0.3 is 0 Å². The molecule has 0 saturated heterocycles. The van der Waals surface area contributed by atoms with Gasteiger partial charge in [-0.2, -0.15) is 15.0 Å². The van der Waals surface area contributed by atoms with Crippen LogP contribution in [0.15, 0.2) is 28.6 Å². The third-order valence-corrected chi connectivity index (χ3v) is 5.06. The fourth-order valence-electron chi connectivity index (χ4n) is 1.98. The zero-order valence-corrected chi connectivity index (χ0v) is 15.7. The van der Waals surface area contributed by atoms with Gasteiger partial charge in [0.25, 0.3) is 0 Å². The van der Waals surface area contributed by atoms with E-state index in [1.165, 1.54) is 28.7 Å². The van der Waals surface area contributed by atoms with Crippen LogP contribution >= 0.6 is 23.1 Å². The van der Waals surface area contributed by atoms with Gasteiger partial charge in [-0.3, -0.25) is 0 Å². The molecule has 10 heteroatoms. The lowest BCUT2D eigenvalue weighted by atomic mass is 10.2. The average molecular weight is 374 g/mol. The highest BCUT2D eigenvalue weighted by molar-refractivity contribution is 8.00. The predicted molar refractivity (Wildman–Crippen MR) is 102 cm³/mol. The van der Waals surface area contributed by atoms with Crippen LogP contribution in [0.3, 0.4) is 0 Å². The van der Waals surface area contributed by atoms with Crippen molar-refractivity contribution >= 4 is 45.8 Å². The maximum Gasteiger partial charge on any atom is 0.229 e. The van der Waals surface area contributed by atoms with E-state index in [0.29, 0.717) is 17.5 Å². The van der Waals surface area contributed by atoms with Crippen LogP contribution in [0, 0.1) is 6.92 Å². The van der Waals surface area contributed by atoms with Gasteiger partial charge in [-0.25, -0.2) is 0 Å². The van der Waals surface area contributed by atoms with Crippen molar-refractivity contribution in [2.24, 2.45) is 0 Å². The van der Waals surface area contributed by atoms with Crippen LogP contribution in [0.1, 0.15) is 11.4 Å². The van der Waals surface area contributed by atoms with E-state index in [2.05, 4.69) is 49.5 Å². The smallest absolute Gasteiger partial charge is 0.229 e. The molecule has 0 aliphatic heterocycles. The molecule has 0 atom stereocenters. The largest absolute Gasteiger partial charge is 0.368 e. The Morgan fingerprint density at radius 1 is 1.20 bits per heavy atom. The zero-order chi connectivity index (χ0) is 17.8. The van der Waals surface area contributed by atoms with Crippen molar-refractivity contribution < 1.29 is 0 Å². The van der Waals surface area contributed by atoms with Crippen molar-refractivity contribution in [2.75, 3.05) is 30.0 Å². The molecule has 0 aliphatic rings. The Morgan fingerprint density at radius 3 is 2.80 bits per heavy atom. The minimum absolute atomic E-state index is 0.216. The second-order valence-electron chi connectivity index (χ2n) is 5.46. The van der Waals surface area contributed by atoms with E-state index in [4.69, 9.17) is 5.73 Å². The van der Waals surface area contributed by atoms with Gasteiger partial charge < -0.3 is 16.0 Å². The standard InChI is InChI=1S/C15H18N8S2/c1-9-5-4-6-10(7-9)17-14-21-22-15(25-14)24-8-11-18-12(16)20-13(19-11)23(2)3/h4-7H,8H2,1-3H3,(H,17,21)(H2,16,18,19,20). The Balaban J connectivity index is 1.64. The molecule has 0 bridgehead atoms. The molecule has 2 heterocycles. The number of aryl methyl sites for hydroxylation is 1. The van der Waals surface area contributed by atoms with Crippen molar-refractivity contribution in [3.63, 3.8) is 0 Å². The maximum atomic E-state index is 5.73. The van der Waals surface area contributed by atoms with E-state index in [1.807, 2.05) is 26.2 Å². The lowest BCUT2D eigenvalue weighted by Gasteiger charge is -2.10. The van der Waals surface area contributed by atoms with Crippen molar-refractivity contribution in [1.29, 1.82) is 0 Å². The molecule has 0 unspecified atom stereocenters. The minimum Gasteiger partial charge on any atom is -0.368 e. The Kier molecular flexibility index (Phi) is 5.29. The molecule has 25 heavy (non-hydrogen) atoms. The van der Waals surface area contributed by atoms with Gasteiger partial charge in [-0.1, -0.05) is 35.2 Å². The number of nitrogens with two attached hydrogens (primary N) is 1. The Labute approximate surface area is 153 Å². The highest BCUT2D eigenvalue weighted by atomic mass is 32.2. The highest BCUT2D eigenvalue weighted by Crippen LogP contribution is 2.29. The molecular weight excluding hydrogens is 356 g/mol. The Morgan fingerprint density at radius 2 is 2.04 bits per heavy atom. The summed E-state index contributed by atoms with van der Waals surface area (Å²) >= 11 is 3.00. The fraction of sp³-hybridized carbons (Fsp3) is 0.267. The van der Waals surface area contributed by atoms with E-state index in [0.717, 1.165) is 15.2 Å². The molecular formula is C15H18N8S2. The van der Waals surface area contributed by atoms with Crippen molar-refractivity contribution in [2.45, 2.75) is 17.0 Å². The molecule has 3 aromatic rings. The lowest BCUT2D eigenvalue weighted by molar-refractivity contribution is 0.918. The van der Waals surface area contributed by atoms with E-state index in [1.54, 1.807) is 4.90 Å². The van der Waals surface area contributed by atoms with Crippen LogP contribution < -0.4 is 16.0 Å². The van der Waals surface area contributed by atoms with Gasteiger partial charge in [0.1, 0.15) is 5.82 Å². The normalized spacial score (nSPS) is 10.7. The molecule has 1 aromatic carbocycles. The number of nitrogen functional groups attached to an aromatic ring is 1. The summed E-state index contributed by atoms with van der Waals surface area (Å²) in [6, 6.07) is 8.11. The molecule has 0 saturated carbocycles. The summed E-state index contributed by atoms with van der Waals surface area (Å²) < 4.78 is 0.834. The number of nitrogens with zero attached hydrogens (tertiary/aromatic N) is 6.